The Morgan fingerprint density at radius 3 is 2.75 bits per heavy atom. The van der Waals surface area contributed by atoms with Crippen LogP contribution in [0, 0.1) is 11.3 Å². The average Bonchev–Trinajstić information content (AvgIpc) is 2.62. The molecule has 0 aliphatic carbocycles. The summed E-state index contributed by atoms with van der Waals surface area (Å²) in [6.07, 6.45) is 1.17. The smallest absolute Gasteiger partial charge is 0.304 e. The Morgan fingerprint density at radius 1 is 1.50 bits per heavy atom. The van der Waals surface area contributed by atoms with Crippen LogP contribution in [0.3, 0.4) is 0 Å². The summed E-state index contributed by atoms with van der Waals surface area (Å²) in [6, 6.07) is 8.60. The third-order valence-electron chi connectivity index (χ3n) is 3.03. The minimum Gasteiger partial charge on any atom is -0.440 e. The molecule has 0 saturated carbocycles. The van der Waals surface area contributed by atoms with E-state index in [9.17, 15) is 9.59 Å². The number of nitriles is 1. The molecule has 2 rings (SSSR count). The highest BCUT2D eigenvalue weighted by Gasteiger charge is 2.51. The Morgan fingerprint density at radius 2 is 2.15 bits per heavy atom. The highest BCUT2D eigenvalue weighted by Crippen LogP contribution is 2.43. The first kappa shape index (κ1) is 14.1. The number of ether oxygens (including phenoxy) is 1. The molecule has 1 heterocycles. The number of benzene rings is 1. The molecule has 0 radical (unpaired) electrons. The van der Waals surface area contributed by atoms with E-state index in [0.29, 0.717) is 11.3 Å². The lowest BCUT2D eigenvalue weighted by Gasteiger charge is -2.24. The molecule has 6 heteroatoms. The first-order valence-corrected chi connectivity index (χ1v) is 6.16. The molecule has 5 nitrogen and oxygen atoms in total. The zero-order chi connectivity index (χ0) is 14.9. The van der Waals surface area contributed by atoms with Gasteiger partial charge in [0.2, 0.25) is 5.60 Å². The molecule has 1 aromatic rings. The van der Waals surface area contributed by atoms with Gasteiger partial charge < -0.3 is 9.64 Å². The summed E-state index contributed by atoms with van der Waals surface area (Å²) in [5.74, 6) is -1.11. The molecule has 1 atom stereocenters. The van der Waals surface area contributed by atoms with Gasteiger partial charge in [-0.25, -0.2) is 0 Å². The Balaban J connectivity index is 2.72. The van der Waals surface area contributed by atoms with E-state index in [1.54, 1.807) is 37.4 Å². The van der Waals surface area contributed by atoms with E-state index >= 15 is 0 Å². The third-order valence-corrected chi connectivity index (χ3v) is 3.22. The molecule has 1 aliphatic rings. The maximum atomic E-state index is 12.5. The van der Waals surface area contributed by atoms with Gasteiger partial charge in [0.25, 0.3) is 5.91 Å². The summed E-state index contributed by atoms with van der Waals surface area (Å²) in [4.78, 5) is 25.3. The van der Waals surface area contributed by atoms with Crippen LogP contribution in [0.25, 0.3) is 0 Å². The van der Waals surface area contributed by atoms with E-state index in [4.69, 9.17) is 21.6 Å². The van der Waals surface area contributed by atoms with Crippen molar-refractivity contribution >= 4 is 29.2 Å². The number of hydrogen-bond donors (Lipinski definition) is 0. The van der Waals surface area contributed by atoms with Crippen LogP contribution in [0.4, 0.5) is 5.69 Å². The van der Waals surface area contributed by atoms with Gasteiger partial charge in [0.15, 0.2) is 0 Å². The molecule has 0 aromatic heterocycles. The van der Waals surface area contributed by atoms with Gasteiger partial charge in [0.1, 0.15) is 11.1 Å². The highest BCUT2D eigenvalue weighted by molar-refractivity contribution is 6.32. The number of likely N-dealkylation sites (N-methyl/N-ethyl adjacent to an activating group) is 1. The number of para-hydroxylation sites is 1. The van der Waals surface area contributed by atoms with Crippen LogP contribution in [0.1, 0.15) is 12.5 Å². The van der Waals surface area contributed by atoms with E-state index in [-0.39, 0.29) is 5.03 Å². The summed E-state index contributed by atoms with van der Waals surface area (Å²) in [7, 11) is 1.57. The Labute approximate surface area is 121 Å². The second kappa shape index (κ2) is 4.99. The molecule has 102 valence electrons. The zero-order valence-electron chi connectivity index (χ0n) is 10.9. The normalized spacial score (nSPS) is 21.4. The predicted molar refractivity (Wildman–Crippen MR) is 72.8 cm³/mol. The van der Waals surface area contributed by atoms with Gasteiger partial charge in [-0.15, -0.1) is 0 Å². The molecule has 1 unspecified atom stereocenters. The third kappa shape index (κ3) is 2.04. The lowest BCUT2D eigenvalue weighted by molar-refractivity contribution is -0.160. The van der Waals surface area contributed by atoms with Crippen molar-refractivity contribution in [2.75, 3.05) is 11.9 Å². The highest BCUT2D eigenvalue weighted by atomic mass is 35.5. The first-order chi connectivity index (χ1) is 9.42. The molecule has 1 aromatic carbocycles. The van der Waals surface area contributed by atoms with Gasteiger partial charge in [-0.1, -0.05) is 29.8 Å². The number of rotatable bonds is 2. The molecular weight excluding hydrogens is 280 g/mol. The number of carbonyl (C=O) groups excluding carboxylic acids is 2. The fourth-order valence-corrected chi connectivity index (χ4v) is 2.41. The number of anilines is 1. The quantitative estimate of drug-likeness (QED) is 0.617. The van der Waals surface area contributed by atoms with Crippen molar-refractivity contribution in [3.8, 4) is 6.07 Å². The maximum Gasteiger partial charge on any atom is 0.304 e. The number of amides is 1. The second-order valence-corrected chi connectivity index (χ2v) is 4.72. The minimum absolute atomic E-state index is 0.218. The van der Waals surface area contributed by atoms with Crippen LogP contribution < -0.4 is 4.90 Å². The van der Waals surface area contributed by atoms with Crippen LogP contribution in [-0.2, 0) is 19.9 Å². The van der Waals surface area contributed by atoms with Gasteiger partial charge in [-0.05, 0) is 6.07 Å². The fourth-order valence-electron chi connectivity index (χ4n) is 2.26. The number of halogens is 1. The van der Waals surface area contributed by atoms with Gasteiger partial charge in [0, 0.05) is 25.6 Å². The number of allylic oxidation sites excluding steroid dienone is 1. The molecule has 0 N–H and O–H groups in total. The Kier molecular flexibility index (Phi) is 3.51. The Bertz CT molecular complexity index is 663. The van der Waals surface area contributed by atoms with Crippen molar-refractivity contribution in [1.29, 1.82) is 5.26 Å². The Hall–Kier alpha value is -2.32. The van der Waals surface area contributed by atoms with Gasteiger partial charge in [0.05, 0.1) is 5.69 Å². The van der Waals surface area contributed by atoms with Crippen molar-refractivity contribution in [2.24, 2.45) is 0 Å². The monoisotopic (exact) mass is 290 g/mol. The van der Waals surface area contributed by atoms with Gasteiger partial charge >= 0.3 is 5.97 Å². The van der Waals surface area contributed by atoms with Crippen molar-refractivity contribution < 1.29 is 14.3 Å². The number of hydrogen-bond acceptors (Lipinski definition) is 4. The molecule has 0 spiro atoms. The summed E-state index contributed by atoms with van der Waals surface area (Å²) in [5.41, 5.74) is -0.585. The topological polar surface area (TPSA) is 70.4 Å². The predicted octanol–water partition coefficient (Wildman–Crippen LogP) is 2.07. The lowest BCUT2D eigenvalue weighted by atomic mass is 9.94. The molecule has 0 saturated heterocycles. The molecule has 0 fully saturated rings. The summed E-state index contributed by atoms with van der Waals surface area (Å²) in [5, 5.41) is 8.61. The summed E-state index contributed by atoms with van der Waals surface area (Å²) < 4.78 is 5.24. The standard InChI is InChI=1S/C14H11ClN2O3/c1-9(18)20-14(7-10(15)8-16)11-5-3-4-6-12(11)17(2)13(14)19/h3-7H,1-2H3. The van der Waals surface area contributed by atoms with Gasteiger partial charge in [-0.3, -0.25) is 9.59 Å². The van der Waals surface area contributed by atoms with Crippen LogP contribution in [0.5, 0.6) is 0 Å². The first-order valence-electron chi connectivity index (χ1n) is 5.78. The molecular formula is C14H11ClN2O3. The van der Waals surface area contributed by atoms with Crippen molar-refractivity contribution in [3.63, 3.8) is 0 Å². The number of nitrogens with zero attached hydrogens (tertiary/aromatic N) is 2. The van der Waals surface area contributed by atoms with E-state index in [1.165, 1.54) is 17.9 Å². The number of fused-ring (bicyclic) bond motifs is 1. The van der Waals surface area contributed by atoms with Crippen LogP contribution in [-0.4, -0.2) is 18.9 Å². The fraction of sp³-hybridized carbons (Fsp3) is 0.214. The van der Waals surface area contributed by atoms with E-state index < -0.39 is 17.5 Å². The molecule has 1 amide bonds. The summed E-state index contributed by atoms with van der Waals surface area (Å²) >= 11 is 5.74. The van der Waals surface area contributed by atoms with Crippen molar-refractivity contribution in [1.82, 2.24) is 0 Å². The SMILES string of the molecule is CC(=O)OC1(C=C(Cl)C#N)C(=O)N(C)c2ccccc21. The van der Waals surface area contributed by atoms with Crippen LogP contribution >= 0.6 is 11.6 Å². The van der Waals surface area contributed by atoms with Crippen LogP contribution in [0.2, 0.25) is 0 Å². The zero-order valence-corrected chi connectivity index (χ0v) is 11.6. The average molecular weight is 291 g/mol. The van der Waals surface area contributed by atoms with E-state index in [0.717, 1.165) is 0 Å². The van der Waals surface area contributed by atoms with E-state index in [2.05, 4.69) is 0 Å². The van der Waals surface area contributed by atoms with Gasteiger partial charge in [-0.2, -0.15) is 5.26 Å². The maximum absolute atomic E-state index is 12.5. The second-order valence-electron chi connectivity index (χ2n) is 4.31. The lowest BCUT2D eigenvalue weighted by Crippen LogP contribution is -2.40. The van der Waals surface area contributed by atoms with Crippen molar-refractivity contribution in [2.45, 2.75) is 12.5 Å². The summed E-state index contributed by atoms with van der Waals surface area (Å²) in [6.45, 7) is 1.20. The van der Waals surface area contributed by atoms with Crippen LogP contribution in [0.15, 0.2) is 35.4 Å². The minimum atomic E-state index is -1.68. The van der Waals surface area contributed by atoms with E-state index in [1.807, 2.05) is 0 Å². The largest absolute Gasteiger partial charge is 0.440 e. The molecule has 20 heavy (non-hydrogen) atoms. The molecule has 1 aliphatic heterocycles. The number of carbonyl (C=O) groups is 2. The number of esters is 1. The van der Waals surface area contributed by atoms with Crippen molar-refractivity contribution in [3.05, 3.63) is 40.9 Å². The molecule has 0 bridgehead atoms.